The van der Waals surface area contributed by atoms with E-state index in [1.807, 2.05) is 32.0 Å². The van der Waals surface area contributed by atoms with Gasteiger partial charge in [0.2, 0.25) is 0 Å². The van der Waals surface area contributed by atoms with Crippen LogP contribution in [0.25, 0.3) is 0 Å². The number of carbonyl (C=O) groups is 1. The molecule has 0 radical (unpaired) electrons. The zero-order valence-electron chi connectivity index (χ0n) is 8.96. The first-order chi connectivity index (χ1) is 7.04. The third kappa shape index (κ3) is 3.34. The maximum atomic E-state index is 10.9. The van der Waals surface area contributed by atoms with Gasteiger partial charge in [-0.2, -0.15) is 0 Å². The predicted octanol–water partition coefficient (Wildman–Crippen LogP) is 3.41. The Morgan fingerprint density at radius 1 is 1.53 bits per heavy atom. The largest absolute Gasteiger partial charge is 0.481 e. The highest BCUT2D eigenvalue weighted by atomic mass is 79.9. The number of hydrogen-bond acceptors (Lipinski definition) is 1. The fraction of sp³-hybridized carbons (Fsp3) is 0.417. The molecule has 1 N–H and O–H groups in total. The first-order valence-corrected chi connectivity index (χ1v) is 5.81. The SMILES string of the molecule is CCC(Cc1cc(C)ccc1Br)C(=O)O. The summed E-state index contributed by atoms with van der Waals surface area (Å²) in [5.41, 5.74) is 2.23. The summed E-state index contributed by atoms with van der Waals surface area (Å²) in [5.74, 6) is -1.01. The molecule has 82 valence electrons. The molecule has 1 rings (SSSR count). The van der Waals surface area contributed by atoms with Crippen LogP contribution < -0.4 is 0 Å². The van der Waals surface area contributed by atoms with Crippen LogP contribution in [0.4, 0.5) is 0 Å². The Hall–Kier alpha value is -0.830. The van der Waals surface area contributed by atoms with Crippen molar-refractivity contribution < 1.29 is 9.90 Å². The van der Waals surface area contributed by atoms with Crippen molar-refractivity contribution in [2.75, 3.05) is 0 Å². The van der Waals surface area contributed by atoms with E-state index in [1.165, 1.54) is 0 Å². The molecule has 3 heteroatoms. The molecular weight excluding hydrogens is 256 g/mol. The molecule has 2 nitrogen and oxygen atoms in total. The quantitative estimate of drug-likeness (QED) is 0.911. The van der Waals surface area contributed by atoms with Crippen molar-refractivity contribution >= 4 is 21.9 Å². The number of aliphatic carboxylic acids is 1. The van der Waals surface area contributed by atoms with Gasteiger partial charge in [-0.1, -0.05) is 40.5 Å². The maximum Gasteiger partial charge on any atom is 0.306 e. The Kier molecular flexibility index (Phi) is 4.33. The Morgan fingerprint density at radius 3 is 2.73 bits per heavy atom. The summed E-state index contributed by atoms with van der Waals surface area (Å²) < 4.78 is 0.993. The lowest BCUT2D eigenvalue weighted by Crippen LogP contribution is -2.15. The molecule has 0 saturated carbocycles. The second kappa shape index (κ2) is 5.31. The van der Waals surface area contributed by atoms with E-state index in [-0.39, 0.29) is 5.92 Å². The minimum Gasteiger partial charge on any atom is -0.481 e. The van der Waals surface area contributed by atoms with Crippen LogP contribution in [-0.2, 0) is 11.2 Å². The van der Waals surface area contributed by atoms with Crippen LogP contribution in [0.5, 0.6) is 0 Å². The summed E-state index contributed by atoms with van der Waals surface area (Å²) >= 11 is 3.44. The Morgan fingerprint density at radius 2 is 2.20 bits per heavy atom. The molecule has 0 heterocycles. The van der Waals surface area contributed by atoms with Gasteiger partial charge in [0.05, 0.1) is 5.92 Å². The minimum atomic E-state index is -0.717. The lowest BCUT2D eigenvalue weighted by atomic mass is 9.96. The Bertz CT molecular complexity index is 361. The molecule has 15 heavy (non-hydrogen) atoms. The molecule has 0 amide bonds. The van der Waals surface area contributed by atoms with Crippen LogP contribution >= 0.6 is 15.9 Å². The highest BCUT2D eigenvalue weighted by Gasteiger charge is 2.16. The standard InChI is InChI=1S/C12H15BrO2/c1-3-9(12(14)15)7-10-6-8(2)4-5-11(10)13/h4-6,9H,3,7H2,1-2H3,(H,14,15). The van der Waals surface area contributed by atoms with Crippen LogP contribution in [0.15, 0.2) is 22.7 Å². The normalized spacial score (nSPS) is 12.5. The predicted molar refractivity (Wildman–Crippen MR) is 64.0 cm³/mol. The molecule has 1 aromatic rings. The molecule has 1 atom stereocenters. The number of aryl methyl sites for hydroxylation is 1. The van der Waals surface area contributed by atoms with Gasteiger partial charge in [-0.25, -0.2) is 0 Å². The highest BCUT2D eigenvalue weighted by Crippen LogP contribution is 2.22. The van der Waals surface area contributed by atoms with Crippen LogP contribution in [0.1, 0.15) is 24.5 Å². The summed E-state index contributed by atoms with van der Waals surface area (Å²) in [6.07, 6.45) is 1.25. The van der Waals surface area contributed by atoms with Gasteiger partial charge in [0, 0.05) is 4.47 Å². The molecule has 0 aliphatic rings. The zero-order valence-corrected chi connectivity index (χ0v) is 10.5. The first-order valence-electron chi connectivity index (χ1n) is 5.02. The van der Waals surface area contributed by atoms with Gasteiger partial charge in [-0.3, -0.25) is 4.79 Å². The van der Waals surface area contributed by atoms with Crippen molar-refractivity contribution in [2.24, 2.45) is 5.92 Å². The average molecular weight is 271 g/mol. The first kappa shape index (κ1) is 12.2. The van der Waals surface area contributed by atoms with E-state index in [1.54, 1.807) is 0 Å². The molecule has 0 bridgehead atoms. The fourth-order valence-corrected chi connectivity index (χ4v) is 1.94. The summed E-state index contributed by atoms with van der Waals surface area (Å²) in [5, 5.41) is 8.98. The van der Waals surface area contributed by atoms with Crippen LogP contribution in [0.3, 0.4) is 0 Å². The lowest BCUT2D eigenvalue weighted by Gasteiger charge is -2.11. The molecule has 0 aromatic heterocycles. The average Bonchev–Trinajstić information content (AvgIpc) is 2.18. The van der Waals surface area contributed by atoms with Gasteiger partial charge in [-0.15, -0.1) is 0 Å². The van der Waals surface area contributed by atoms with Gasteiger partial charge in [0.25, 0.3) is 0 Å². The van der Waals surface area contributed by atoms with Crippen molar-refractivity contribution in [1.82, 2.24) is 0 Å². The molecule has 1 unspecified atom stereocenters. The zero-order chi connectivity index (χ0) is 11.4. The number of rotatable bonds is 4. The van der Waals surface area contributed by atoms with Gasteiger partial charge in [0.1, 0.15) is 0 Å². The lowest BCUT2D eigenvalue weighted by molar-refractivity contribution is -0.141. The second-order valence-corrected chi connectivity index (χ2v) is 4.60. The van der Waals surface area contributed by atoms with Gasteiger partial charge in [-0.05, 0) is 31.4 Å². The van der Waals surface area contributed by atoms with E-state index >= 15 is 0 Å². The molecule has 0 spiro atoms. The summed E-state index contributed by atoms with van der Waals surface area (Å²) in [6, 6.07) is 6.02. The minimum absolute atomic E-state index is 0.289. The van der Waals surface area contributed by atoms with Gasteiger partial charge >= 0.3 is 5.97 Å². The maximum absolute atomic E-state index is 10.9. The van der Waals surface area contributed by atoms with E-state index in [9.17, 15) is 4.79 Å². The van der Waals surface area contributed by atoms with E-state index in [0.717, 1.165) is 15.6 Å². The van der Waals surface area contributed by atoms with E-state index in [4.69, 9.17) is 5.11 Å². The van der Waals surface area contributed by atoms with Gasteiger partial charge < -0.3 is 5.11 Å². The van der Waals surface area contributed by atoms with Crippen LogP contribution in [0, 0.1) is 12.8 Å². The van der Waals surface area contributed by atoms with Crippen molar-refractivity contribution in [1.29, 1.82) is 0 Å². The molecule has 1 aromatic carbocycles. The number of halogens is 1. The Balaban J connectivity index is 2.87. The smallest absolute Gasteiger partial charge is 0.306 e. The van der Waals surface area contributed by atoms with Crippen molar-refractivity contribution in [2.45, 2.75) is 26.7 Å². The van der Waals surface area contributed by atoms with Crippen LogP contribution in [0.2, 0.25) is 0 Å². The van der Waals surface area contributed by atoms with Crippen molar-refractivity contribution in [3.05, 3.63) is 33.8 Å². The summed E-state index contributed by atoms with van der Waals surface area (Å²) in [4.78, 5) is 10.9. The third-order valence-corrected chi connectivity index (χ3v) is 3.28. The van der Waals surface area contributed by atoms with E-state index in [2.05, 4.69) is 15.9 Å². The number of carboxylic acids is 1. The molecular formula is C12H15BrO2. The van der Waals surface area contributed by atoms with Crippen molar-refractivity contribution in [3.63, 3.8) is 0 Å². The summed E-state index contributed by atoms with van der Waals surface area (Å²) in [6.45, 7) is 3.92. The summed E-state index contributed by atoms with van der Waals surface area (Å²) in [7, 11) is 0. The topological polar surface area (TPSA) is 37.3 Å². The van der Waals surface area contributed by atoms with Gasteiger partial charge in [0.15, 0.2) is 0 Å². The molecule has 0 aliphatic heterocycles. The van der Waals surface area contributed by atoms with Crippen molar-refractivity contribution in [3.8, 4) is 0 Å². The number of benzene rings is 1. The number of carboxylic acid groups (broad SMARTS) is 1. The Labute approximate surface area is 98.4 Å². The highest BCUT2D eigenvalue weighted by molar-refractivity contribution is 9.10. The van der Waals surface area contributed by atoms with E-state index < -0.39 is 5.97 Å². The van der Waals surface area contributed by atoms with Crippen LogP contribution in [-0.4, -0.2) is 11.1 Å². The molecule has 0 aliphatic carbocycles. The van der Waals surface area contributed by atoms with E-state index in [0.29, 0.717) is 12.8 Å². The third-order valence-electron chi connectivity index (χ3n) is 2.51. The molecule has 0 fully saturated rings. The fourth-order valence-electron chi connectivity index (χ4n) is 1.53. The molecule has 0 saturated heterocycles. The number of hydrogen-bond donors (Lipinski definition) is 1. The second-order valence-electron chi connectivity index (χ2n) is 3.74. The monoisotopic (exact) mass is 270 g/mol.